The number of unbranched alkanes of at least 4 members (excludes halogenated alkanes) is 35. The van der Waals surface area contributed by atoms with Gasteiger partial charge in [-0.25, -0.2) is 0 Å². The summed E-state index contributed by atoms with van der Waals surface area (Å²) >= 11 is 0. The van der Waals surface area contributed by atoms with E-state index in [2.05, 4.69) is 43.5 Å². The Hall–Kier alpha value is -1.21. The maximum absolute atomic E-state index is 12.5. The first kappa shape index (κ1) is 57.8. The maximum atomic E-state index is 12.5. The van der Waals surface area contributed by atoms with Gasteiger partial charge in [0.2, 0.25) is 5.91 Å². The van der Waals surface area contributed by atoms with Gasteiger partial charge in [0.25, 0.3) is 0 Å². The predicted octanol–water partition coefficient (Wildman–Crippen LogP) is 14.7. The zero-order chi connectivity index (χ0) is 43.1. The van der Waals surface area contributed by atoms with Gasteiger partial charge in [0.05, 0.1) is 18.8 Å². The molecule has 0 fully saturated rings. The van der Waals surface area contributed by atoms with E-state index in [1.807, 2.05) is 0 Å². The first-order valence-electron chi connectivity index (χ1n) is 26.2. The summed E-state index contributed by atoms with van der Waals surface area (Å²) in [5.41, 5.74) is 0. The molecule has 5 N–H and O–H groups in total. The molecule has 6 heteroatoms. The second-order valence-corrected chi connectivity index (χ2v) is 18.2. The summed E-state index contributed by atoms with van der Waals surface area (Å²) < 4.78 is 0. The van der Waals surface area contributed by atoms with Crippen molar-refractivity contribution in [2.45, 2.75) is 301 Å². The Labute approximate surface area is 367 Å². The molecule has 0 radical (unpaired) electrons. The van der Waals surface area contributed by atoms with Gasteiger partial charge in [-0.1, -0.05) is 237 Å². The van der Waals surface area contributed by atoms with E-state index in [0.29, 0.717) is 12.8 Å². The van der Waals surface area contributed by atoms with Crippen molar-refractivity contribution in [2.75, 3.05) is 6.61 Å². The molecule has 0 aliphatic rings. The topological polar surface area (TPSA) is 110 Å². The van der Waals surface area contributed by atoms with Crippen LogP contribution in [0.4, 0.5) is 0 Å². The monoisotopic (exact) mass is 834 g/mol. The van der Waals surface area contributed by atoms with Crippen LogP contribution in [0.3, 0.4) is 0 Å². The molecule has 0 rings (SSSR count). The molecule has 0 aromatic rings. The Morgan fingerprint density at radius 3 is 1.02 bits per heavy atom. The van der Waals surface area contributed by atoms with Crippen LogP contribution in [0.2, 0.25) is 0 Å². The highest BCUT2D eigenvalue weighted by Gasteiger charge is 2.28. The fraction of sp³-hybridized carbons (Fsp3) is 0.906. The summed E-state index contributed by atoms with van der Waals surface area (Å²) in [5.74, 6) is -0.591. The van der Waals surface area contributed by atoms with Crippen molar-refractivity contribution < 1.29 is 25.2 Å². The molecule has 0 heterocycles. The number of nitrogens with one attached hydrogen (secondary N) is 1. The number of hydrogen-bond donors (Lipinski definition) is 5. The smallest absolute Gasteiger partial charge is 0.249 e. The van der Waals surface area contributed by atoms with E-state index >= 15 is 0 Å². The molecular weight excluding hydrogens is 731 g/mol. The molecule has 0 aliphatic heterocycles. The van der Waals surface area contributed by atoms with Crippen LogP contribution < -0.4 is 5.32 Å². The minimum atomic E-state index is -1.28. The van der Waals surface area contributed by atoms with Crippen molar-refractivity contribution in [2.24, 2.45) is 0 Å². The SMILES string of the molecule is CCCCCCCCCCC/C=C/CCCC(O)C(O)C(CO)NC(=O)C(O)CCCCCCCCCCCCCCC/C=C\CCCCCCCCCCCCCC. The van der Waals surface area contributed by atoms with Gasteiger partial charge in [-0.05, 0) is 64.2 Å². The minimum absolute atomic E-state index is 0.365. The van der Waals surface area contributed by atoms with Crippen LogP contribution in [0, 0.1) is 0 Å². The lowest BCUT2D eigenvalue weighted by atomic mass is 10.00. The van der Waals surface area contributed by atoms with Crippen LogP contribution in [0.5, 0.6) is 0 Å². The van der Waals surface area contributed by atoms with E-state index in [1.165, 1.54) is 212 Å². The van der Waals surface area contributed by atoms with E-state index in [9.17, 15) is 25.2 Å². The zero-order valence-electron chi connectivity index (χ0n) is 39.5. The van der Waals surface area contributed by atoms with Crippen LogP contribution in [0.1, 0.15) is 277 Å². The van der Waals surface area contributed by atoms with Crippen molar-refractivity contribution in [3.63, 3.8) is 0 Å². The third-order valence-corrected chi connectivity index (χ3v) is 12.4. The van der Waals surface area contributed by atoms with Crippen molar-refractivity contribution in [1.29, 1.82) is 0 Å². The van der Waals surface area contributed by atoms with Gasteiger partial charge in [0.1, 0.15) is 12.2 Å². The average Bonchev–Trinajstić information content (AvgIpc) is 3.24. The Morgan fingerprint density at radius 1 is 0.407 bits per heavy atom. The summed E-state index contributed by atoms with van der Waals surface area (Å²) in [7, 11) is 0. The predicted molar refractivity (Wildman–Crippen MR) is 256 cm³/mol. The minimum Gasteiger partial charge on any atom is -0.394 e. The van der Waals surface area contributed by atoms with Gasteiger partial charge < -0.3 is 25.7 Å². The number of aliphatic hydroxyl groups excluding tert-OH is 4. The van der Waals surface area contributed by atoms with E-state index in [1.54, 1.807) is 0 Å². The molecule has 0 spiro atoms. The average molecular weight is 834 g/mol. The van der Waals surface area contributed by atoms with Crippen LogP contribution >= 0.6 is 0 Å². The highest BCUT2D eigenvalue weighted by atomic mass is 16.3. The molecule has 350 valence electrons. The number of carbonyl (C=O) groups is 1. The third kappa shape index (κ3) is 41.9. The first-order chi connectivity index (χ1) is 29.0. The number of hydrogen-bond acceptors (Lipinski definition) is 5. The van der Waals surface area contributed by atoms with Crippen molar-refractivity contribution >= 4 is 5.91 Å². The van der Waals surface area contributed by atoms with E-state index in [0.717, 1.165) is 38.5 Å². The summed E-state index contributed by atoms with van der Waals surface area (Å²) in [4.78, 5) is 12.5. The second kappa shape index (κ2) is 47.8. The van der Waals surface area contributed by atoms with Crippen molar-refractivity contribution in [3.8, 4) is 0 Å². The third-order valence-electron chi connectivity index (χ3n) is 12.4. The van der Waals surface area contributed by atoms with Gasteiger partial charge >= 0.3 is 0 Å². The largest absolute Gasteiger partial charge is 0.394 e. The molecule has 4 unspecified atom stereocenters. The molecular formula is C53H103NO5. The van der Waals surface area contributed by atoms with Crippen LogP contribution in [-0.2, 0) is 4.79 Å². The lowest BCUT2D eigenvalue weighted by Crippen LogP contribution is -2.53. The molecule has 0 aromatic heterocycles. The molecule has 59 heavy (non-hydrogen) atoms. The zero-order valence-corrected chi connectivity index (χ0v) is 39.5. The first-order valence-corrected chi connectivity index (χ1v) is 26.2. The van der Waals surface area contributed by atoms with Gasteiger partial charge in [0, 0.05) is 0 Å². The molecule has 4 atom stereocenters. The highest BCUT2D eigenvalue weighted by Crippen LogP contribution is 2.17. The molecule has 6 nitrogen and oxygen atoms in total. The summed E-state index contributed by atoms with van der Waals surface area (Å²) in [6.07, 6.45) is 56.7. The van der Waals surface area contributed by atoms with Gasteiger partial charge in [-0.15, -0.1) is 0 Å². The Kier molecular flexibility index (Phi) is 46.9. The molecule has 0 saturated carbocycles. The standard InChI is InChI=1S/C53H103NO5/c1-3-5-7-9-11-13-15-17-19-20-21-22-23-24-25-26-27-28-29-30-31-32-33-35-37-39-41-43-45-47-51(57)53(59)54-49(48-55)52(58)50(56)46-44-42-40-38-36-34-18-16-14-12-10-8-6-4-2/h24-25,38,40,49-52,55-58H,3-23,26-37,39,41-48H2,1-2H3,(H,54,59)/b25-24-,40-38+. The van der Waals surface area contributed by atoms with Gasteiger partial charge in [-0.3, -0.25) is 4.79 Å². The fourth-order valence-electron chi connectivity index (χ4n) is 8.22. The van der Waals surface area contributed by atoms with Crippen LogP contribution in [-0.4, -0.2) is 57.3 Å². The second-order valence-electron chi connectivity index (χ2n) is 18.2. The molecule has 1 amide bonds. The number of amides is 1. The highest BCUT2D eigenvalue weighted by molar-refractivity contribution is 5.80. The van der Waals surface area contributed by atoms with Gasteiger partial charge in [-0.2, -0.15) is 0 Å². The number of allylic oxidation sites excluding steroid dienone is 4. The maximum Gasteiger partial charge on any atom is 0.249 e. The number of aliphatic hydroxyl groups is 4. The number of rotatable bonds is 48. The quantitative estimate of drug-likeness (QED) is 0.0310. The van der Waals surface area contributed by atoms with Crippen LogP contribution in [0.25, 0.3) is 0 Å². The van der Waals surface area contributed by atoms with E-state index in [4.69, 9.17) is 0 Å². The molecule has 0 saturated heterocycles. The van der Waals surface area contributed by atoms with Crippen LogP contribution in [0.15, 0.2) is 24.3 Å². The Balaban J connectivity index is 3.62. The Morgan fingerprint density at radius 2 is 0.695 bits per heavy atom. The van der Waals surface area contributed by atoms with Crippen molar-refractivity contribution in [1.82, 2.24) is 5.32 Å². The Bertz CT molecular complexity index is 893. The molecule has 0 bridgehead atoms. The lowest BCUT2D eigenvalue weighted by Gasteiger charge is -2.27. The summed E-state index contributed by atoms with van der Waals surface area (Å²) in [5, 5.41) is 43.8. The molecule has 0 aromatic carbocycles. The summed E-state index contributed by atoms with van der Waals surface area (Å²) in [6, 6.07) is -1.000. The van der Waals surface area contributed by atoms with E-state index < -0.39 is 36.9 Å². The normalized spacial score (nSPS) is 14.1. The fourth-order valence-corrected chi connectivity index (χ4v) is 8.22. The summed E-state index contributed by atoms with van der Waals surface area (Å²) in [6.45, 7) is 4.05. The van der Waals surface area contributed by atoms with E-state index in [-0.39, 0.29) is 0 Å². The van der Waals surface area contributed by atoms with Gasteiger partial charge in [0.15, 0.2) is 0 Å². The van der Waals surface area contributed by atoms with Crippen molar-refractivity contribution in [3.05, 3.63) is 24.3 Å². The number of carbonyl (C=O) groups excluding carboxylic acids is 1. The molecule has 0 aliphatic carbocycles. The lowest BCUT2D eigenvalue weighted by molar-refractivity contribution is -0.132.